The van der Waals surface area contributed by atoms with Crippen molar-refractivity contribution in [3.8, 4) is 0 Å². The predicted molar refractivity (Wildman–Crippen MR) is 78.7 cm³/mol. The lowest BCUT2D eigenvalue weighted by Gasteiger charge is -2.36. The quantitative estimate of drug-likeness (QED) is 0.863. The van der Waals surface area contributed by atoms with Crippen LogP contribution in [0.4, 0.5) is 0 Å². The zero-order chi connectivity index (χ0) is 15.0. The maximum Gasteiger partial charge on any atom is 0.192 e. The van der Waals surface area contributed by atoms with E-state index in [4.69, 9.17) is 9.16 Å². The molecule has 1 N–H and O–H groups in total. The molecule has 0 aromatic carbocycles. The highest BCUT2D eigenvalue weighted by atomic mass is 28.4. The van der Waals surface area contributed by atoms with Crippen LogP contribution in [0.1, 0.15) is 32.3 Å². The molecule has 0 aliphatic carbocycles. The van der Waals surface area contributed by atoms with Crippen molar-refractivity contribution in [3.05, 3.63) is 23.8 Å². The Balaban J connectivity index is 2.06. The van der Waals surface area contributed by atoms with E-state index in [1.54, 1.807) is 6.20 Å². The van der Waals surface area contributed by atoms with Gasteiger partial charge in [-0.2, -0.15) is 0 Å². The minimum Gasteiger partial charge on any atom is -0.411 e. The third kappa shape index (κ3) is 3.08. The van der Waals surface area contributed by atoms with E-state index in [0.717, 1.165) is 5.69 Å². The average molecular weight is 296 g/mol. The van der Waals surface area contributed by atoms with Gasteiger partial charge in [0.05, 0.1) is 25.5 Å². The molecule has 112 valence electrons. The zero-order valence-corrected chi connectivity index (χ0v) is 13.9. The van der Waals surface area contributed by atoms with Crippen molar-refractivity contribution < 1.29 is 14.3 Å². The summed E-state index contributed by atoms with van der Waals surface area (Å²) in [5.41, 5.74) is -0.215. The van der Waals surface area contributed by atoms with Crippen LogP contribution in [-0.2, 0) is 21.4 Å². The monoisotopic (exact) mass is 296 g/mol. The fourth-order valence-electron chi connectivity index (χ4n) is 1.60. The van der Waals surface area contributed by atoms with E-state index in [2.05, 4.69) is 43.8 Å². The van der Waals surface area contributed by atoms with Crippen LogP contribution < -0.4 is 0 Å². The van der Waals surface area contributed by atoms with E-state index in [-0.39, 0.29) is 18.3 Å². The Hall–Kier alpha value is -0.823. The average Bonchev–Trinajstić information content (AvgIpc) is 2.32. The first-order valence-electron chi connectivity index (χ1n) is 6.91. The Morgan fingerprint density at radius 3 is 2.55 bits per heavy atom. The summed E-state index contributed by atoms with van der Waals surface area (Å²) < 4.78 is 11.2. The zero-order valence-electron chi connectivity index (χ0n) is 12.9. The Morgan fingerprint density at radius 2 is 2.05 bits per heavy atom. The van der Waals surface area contributed by atoms with Crippen LogP contribution in [0.2, 0.25) is 18.1 Å². The summed E-state index contributed by atoms with van der Waals surface area (Å²) in [4.78, 5) is 8.55. The van der Waals surface area contributed by atoms with Gasteiger partial charge < -0.3 is 14.3 Å². The van der Waals surface area contributed by atoms with E-state index in [1.165, 1.54) is 0 Å². The molecular formula is C14H24N2O3Si. The number of hydrogen-bond acceptors (Lipinski definition) is 5. The predicted octanol–water partition coefficient (Wildman–Crippen LogP) is 2.22. The van der Waals surface area contributed by atoms with Crippen molar-refractivity contribution in [1.29, 1.82) is 0 Å². The molecule has 1 aromatic heterocycles. The number of aromatic nitrogens is 2. The van der Waals surface area contributed by atoms with Crippen LogP contribution in [0, 0.1) is 0 Å². The van der Waals surface area contributed by atoms with E-state index >= 15 is 0 Å². The topological polar surface area (TPSA) is 64.5 Å². The SMILES string of the molecule is CC(C)(C)[Si](C)(C)OCc1ccnc(C2(O)COC2)n1. The molecule has 0 atom stereocenters. The molecular weight excluding hydrogens is 272 g/mol. The van der Waals surface area contributed by atoms with Crippen molar-refractivity contribution >= 4 is 8.32 Å². The first-order valence-corrected chi connectivity index (χ1v) is 9.81. The summed E-state index contributed by atoms with van der Waals surface area (Å²) in [6, 6.07) is 1.83. The second-order valence-electron chi connectivity index (χ2n) is 6.94. The minimum absolute atomic E-state index is 0.170. The smallest absolute Gasteiger partial charge is 0.192 e. The van der Waals surface area contributed by atoms with Gasteiger partial charge in [0, 0.05) is 6.20 Å². The summed E-state index contributed by atoms with van der Waals surface area (Å²) in [6.45, 7) is 12.0. The van der Waals surface area contributed by atoms with Crippen molar-refractivity contribution in [1.82, 2.24) is 9.97 Å². The third-order valence-corrected chi connectivity index (χ3v) is 8.68. The van der Waals surface area contributed by atoms with Gasteiger partial charge in [-0.1, -0.05) is 20.8 Å². The number of ether oxygens (including phenoxy) is 1. The highest BCUT2D eigenvalue weighted by Gasteiger charge is 2.41. The number of hydrogen-bond donors (Lipinski definition) is 1. The highest BCUT2D eigenvalue weighted by molar-refractivity contribution is 6.74. The molecule has 1 aliphatic heterocycles. The molecule has 6 heteroatoms. The first kappa shape index (κ1) is 15.6. The second-order valence-corrected chi connectivity index (χ2v) is 11.8. The molecule has 1 saturated heterocycles. The molecule has 1 fully saturated rings. The molecule has 0 unspecified atom stereocenters. The van der Waals surface area contributed by atoms with Gasteiger partial charge in [-0.15, -0.1) is 0 Å². The summed E-state index contributed by atoms with van der Waals surface area (Å²) in [6.07, 6.45) is 1.67. The maximum absolute atomic E-state index is 10.2. The molecule has 2 heterocycles. The Kier molecular flexibility index (Phi) is 4.03. The van der Waals surface area contributed by atoms with Crippen molar-refractivity contribution in [2.75, 3.05) is 13.2 Å². The van der Waals surface area contributed by atoms with Gasteiger partial charge in [0.1, 0.15) is 0 Å². The van der Waals surface area contributed by atoms with Crippen molar-refractivity contribution in [2.24, 2.45) is 0 Å². The van der Waals surface area contributed by atoms with Gasteiger partial charge in [-0.25, -0.2) is 9.97 Å². The molecule has 5 nitrogen and oxygen atoms in total. The van der Waals surface area contributed by atoms with Gasteiger partial charge in [0.25, 0.3) is 0 Å². The van der Waals surface area contributed by atoms with E-state index < -0.39 is 13.9 Å². The Bertz CT molecular complexity index is 482. The number of rotatable bonds is 4. The molecule has 1 aromatic rings. The molecule has 20 heavy (non-hydrogen) atoms. The van der Waals surface area contributed by atoms with Gasteiger partial charge in [-0.05, 0) is 24.2 Å². The van der Waals surface area contributed by atoms with Crippen LogP contribution in [-0.4, -0.2) is 36.6 Å². The lowest BCUT2D eigenvalue weighted by atomic mass is 10.0. The Morgan fingerprint density at radius 1 is 1.40 bits per heavy atom. The first-order chi connectivity index (χ1) is 9.14. The Labute approximate surface area is 121 Å². The number of aliphatic hydroxyl groups is 1. The van der Waals surface area contributed by atoms with Crippen molar-refractivity contribution in [2.45, 2.75) is 51.1 Å². The lowest BCUT2D eigenvalue weighted by Crippen LogP contribution is -2.48. The van der Waals surface area contributed by atoms with Gasteiger partial charge in [0.2, 0.25) is 0 Å². The molecule has 0 radical (unpaired) electrons. The third-order valence-electron chi connectivity index (χ3n) is 4.20. The van der Waals surface area contributed by atoms with Crippen LogP contribution in [0.15, 0.2) is 12.3 Å². The lowest BCUT2D eigenvalue weighted by molar-refractivity contribution is -0.189. The summed E-state index contributed by atoms with van der Waals surface area (Å²) in [7, 11) is -1.79. The molecule has 0 spiro atoms. The van der Waals surface area contributed by atoms with E-state index in [9.17, 15) is 5.11 Å². The summed E-state index contributed by atoms with van der Waals surface area (Å²) in [5.74, 6) is 0.431. The minimum atomic E-state index is -1.79. The largest absolute Gasteiger partial charge is 0.411 e. The molecule has 2 rings (SSSR count). The van der Waals surface area contributed by atoms with E-state index in [1.807, 2.05) is 6.07 Å². The van der Waals surface area contributed by atoms with E-state index in [0.29, 0.717) is 12.4 Å². The van der Waals surface area contributed by atoms with Crippen LogP contribution >= 0.6 is 0 Å². The van der Waals surface area contributed by atoms with Gasteiger partial charge >= 0.3 is 0 Å². The summed E-state index contributed by atoms with van der Waals surface area (Å²) >= 11 is 0. The standard InChI is InChI=1S/C14H24N2O3Si/c1-13(2,3)20(4,5)19-8-11-6-7-15-12(16-11)14(17)9-18-10-14/h6-7,17H,8-10H2,1-5H3. The molecule has 0 amide bonds. The maximum atomic E-state index is 10.2. The fraction of sp³-hybridized carbons (Fsp3) is 0.714. The molecule has 1 aliphatic rings. The van der Waals surface area contributed by atoms with Gasteiger partial charge in [-0.3, -0.25) is 0 Å². The van der Waals surface area contributed by atoms with Crippen molar-refractivity contribution in [3.63, 3.8) is 0 Å². The number of nitrogens with zero attached hydrogens (tertiary/aromatic N) is 2. The normalized spacial score (nSPS) is 18.7. The van der Waals surface area contributed by atoms with Crippen LogP contribution in [0.25, 0.3) is 0 Å². The fourth-order valence-corrected chi connectivity index (χ4v) is 2.54. The second kappa shape index (κ2) is 5.18. The van der Waals surface area contributed by atoms with Gasteiger partial charge in [0.15, 0.2) is 19.7 Å². The highest BCUT2D eigenvalue weighted by Crippen LogP contribution is 2.37. The van der Waals surface area contributed by atoms with Crippen LogP contribution in [0.5, 0.6) is 0 Å². The van der Waals surface area contributed by atoms with Crippen LogP contribution in [0.3, 0.4) is 0 Å². The summed E-state index contributed by atoms with van der Waals surface area (Å²) in [5, 5.41) is 10.4. The molecule has 0 bridgehead atoms. The molecule has 0 saturated carbocycles.